The number of rotatable bonds is 4. The number of hydrogen-bond acceptors (Lipinski definition) is 8. The first-order valence-electron chi connectivity index (χ1n) is 12.3. The largest absolute Gasteiger partial charge is 0.343 e. The monoisotopic (exact) mass is 501 g/mol. The third kappa shape index (κ3) is 3.95. The van der Waals surface area contributed by atoms with E-state index < -0.39 is 0 Å². The van der Waals surface area contributed by atoms with Crippen molar-refractivity contribution in [3.63, 3.8) is 0 Å². The first-order chi connectivity index (χ1) is 17.5. The maximum Gasteiger partial charge on any atom is 0.254 e. The molecule has 4 aromatic rings. The molecule has 2 aromatic carbocycles. The highest BCUT2D eigenvalue weighted by Crippen LogP contribution is 2.43. The van der Waals surface area contributed by atoms with Crippen molar-refractivity contribution < 1.29 is 9.59 Å². The summed E-state index contributed by atoms with van der Waals surface area (Å²) in [5.74, 6) is 1.14. The molecule has 1 amide bonds. The van der Waals surface area contributed by atoms with Crippen molar-refractivity contribution in [2.24, 2.45) is 7.05 Å². The average molecular weight is 502 g/mol. The quantitative estimate of drug-likeness (QED) is 0.424. The second-order valence-electron chi connectivity index (χ2n) is 9.58. The molecule has 36 heavy (non-hydrogen) atoms. The van der Waals surface area contributed by atoms with Crippen molar-refractivity contribution in [3.05, 3.63) is 65.5 Å². The summed E-state index contributed by atoms with van der Waals surface area (Å²) >= 11 is 1.41. The van der Waals surface area contributed by atoms with Crippen LogP contribution in [0.25, 0.3) is 11.0 Å². The van der Waals surface area contributed by atoms with Crippen molar-refractivity contribution in [2.45, 2.75) is 31.1 Å². The van der Waals surface area contributed by atoms with Gasteiger partial charge in [-0.15, -0.1) is 5.10 Å². The Kier molecular flexibility index (Phi) is 5.75. The van der Waals surface area contributed by atoms with Gasteiger partial charge in [-0.25, -0.2) is 9.67 Å². The molecule has 1 aliphatic carbocycles. The van der Waals surface area contributed by atoms with Crippen LogP contribution in [-0.2, 0) is 17.3 Å². The van der Waals surface area contributed by atoms with Gasteiger partial charge in [0.15, 0.2) is 5.82 Å². The Morgan fingerprint density at radius 1 is 1.00 bits per heavy atom. The third-order valence-corrected chi connectivity index (χ3v) is 8.30. The highest BCUT2D eigenvalue weighted by molar-refractivity contribution is 7.09. The van der Waals surface area contributed by atoms with Gasteiger partial charge in [0.05, 0.1) is 10.9 Å². The number of aryl methyl sites for hydroxylation is 1. The van der Waals surface area contributed by atoms with Gasteiger partial charge in [0, 0.05) is 63.2 Å². The van der Waals surface area contributed by atoms with Crippen molar-refractivity contribution in [3.8, 4) is 0 Å². The van der Waals surface area contributed by atoms with E-state index in [1.54, 1.807) is 4.68 Å². The molecule has 3 heterocycles. The van der Waals surface area contributed by atoms with E-state index in [-0.39, 0.29) is 11.3 Å². The fraction of sp³-hybridized carbons (Fsp3) is 0.385. The van der Waals surface area contributed by atoms with Crippen LogP contribution in [0.4, 0.5) is 5.13 Å². The Bertz CT molecular complexity index is 1410. The van der Waals surface area contributed by atoms with Crippen molar-refractivity contribution in [2.75, 3.05) is 31.1 Å². The van der Waals surface area contributed by atoms with Gasteiger partial charge in [0.1, 0.15) is 11.3 Å². The molecule has 2 aliphatic rings. The number of anilines is 1. The maximum atomic E-state index is 13.1. The van der Waals surface area contributed by atoms with Gasteiger partial charge in [0.2, 0.25) is 5.13 Å². The van der Waals surface area contributed by atoms with E-state index in [1.807, 2.05) is 48.3 Å². The van der Waals surface area contributed by atoms with Crippen LogP contribution in [0.3, 0.4) is 0 Å². The molecule has 0 atom stereocenters. The number of ketones is 1. The molecule has 0 spiro atoms. The molecule has 9 nitrogen and oxygen atoms in total. The van der Waals surface area contributed by atoms with E-state index in [0.717, 1.165) is 34.8 Å². The zero-order valence-electron chi connectivity index (χ0n) is 20.1. The predicted octanol–water partition coefficient (Wildman–Crippen LogP) is 3.21. The number of piperazine rings is 1. The fourth-order valence-corrected chi connectivity index (χ4v) is 6.16. The lowest BCUT2D eigenvalue weighted by Crippen LogP contribution is -2.48. The van der Waals surface area contributed by atoms with E-state index >= 15 is 0 Å². The van der Waals surface area contributed by atoms with Crippen LogP contribution >= 0.6 is 11.5 Å². The average Bonchev–Trinajstić information content (AvgIpc) is 3.57. The van der Waals surface area contributed by atoms with Crippen molar-refractivity contribution >= 4 is 39.4 Å². The summed E-state index contributed by atoms with van der Waals surface area (Å²) in [5, 5.41) is 9.03. The molecule has 2 aromatic heterocycles. The molecule has 184 valence electrons. The number of aromatic nitrogens is 5. The summed E-state index contributed by atoms with van der Waals surface area (Å²) in [6.45, 7) is 2.63. The lowest BCUT2D eigenvalue weighted by atomic mass is 9.68. The molecular formula is C26H27N7O2S. The van der Waals surface area contributed by atoms with E-state index in [0.29, 0.717) is 50.4 Å². The summed E-state index contributed by atoms with van der Waals surface area (Å²) in [5.41, 5.74) is 3.11. The minimum absolute atomic E-state index is 0.00931. The summed E-state index contributed by atoms with van der Waals surface area (Å²) in [7, 11) is 1.84. The fourth-order valence-electron chi connectivity index (χ4n) is 5.35. The van der Waals surface area contributed by atoms with Gasteiger partial charge in [-0.2, -0.15) is 4.37 Å². The van der Waals surface area contributed by atoms with Gasteiger partial charge >= 0.3 is 0 Å². The van der Waals surface area contributed by atoms with Gasteiger partial charge < -0.3 is 9.80 Å². The van der Waals surface area contributed by atoms with Crippen LogP contribution in [0.1, 0.15) is 47.4 Å². The topological polar surface area (TPSA) is 97.1 Å². The maximum absolute atomic E-state index is 13.1. The number of carbonyl (C=O) groups is 2. The smallest absolute Gasteiger partial charge is 0.254 e. The highest BCUT2D eigenvalue weighted by atomic mass is 32.1. The van der Waals surface area contributed by atoms with Crippen molar-refractivity contribution in [1.29, 1.82) is 0 Å². The number of fused-ring (bicyclic) bond motifs is 1. The molecule has 1 saturated heterocycles. The Balaban J connectivity index is 1.17. The van der Waals surface area contributed by atoms with Gasteiger partial charge in [-0.1, -0.05) is 35.5 Å². The Labute approximate surface area is 212 Å². The molecule has 6 rings (SSSR count). The number of hydrogen-bond donors (Lipinski definition) is 0. The van der Waals surface area contributed by atoms with Gasteiger partial charge in [0.25, 0.3) is 5.91 Å². The molecular weight excluding hydrogens is 474 g/mol. The Morgan fingerprint density at radius 2 is 1.75 bits per heavy atom. The number of benzene rings is 2. The van der Waals surface area contributed by atoms with Crippen LogP contribution in [0.15, 0.2) is 48.5 Å². The van der Waals surface area contributed by atoms with E-state index in [4.69, 9.17) is 9.36 Å². The highest BCUT2D eigenvalue weighted by Gasteiger charge is 2.41. The normalized spacial score (nSPS) is 18.1. The summed E-state index contributed by atoms with van der Waals surface area (Å²) < 4.78 is 6.50. The molecule has 0 N–H and O–H groups in total. The summed E-state index contributed by atoms with van der Waals surface area (Å²) in [6.07, 6.45) is 2.60. The van der Waals surface area contributed by atoms with Crippen LogP contribution in [0, 0.1) is 0 Å². The van der Waals surface area contributed by atoms with E-state index in [1.165, 1.54) is 17.1 Å². The molecule has 0 bridgehead atoms. The van der Waals surface area contributed by atoms with Crippen LogP contribution in [0.2, 0.25) is 0 Å². The molecule has 1 saturated carbocycles. The first-order valence-corrected chi connectivity index (χ1v) is 13.1. The minimum atomic E-state index is -0.319. The molecule has 0 radical (unpaired) electrons. The van der Waals surface area contributed by atoms with Crippen LogP contribution in [-0.4, -0.2) is 67.1 Å². The lowest BCUT2D eigenvalue weighted by Gasteiger charge is -2.35. The molecule has 10 heteroatoms. The second kappa shape index (κ2) is 9.09. The zero-order chi connectivity index (χ0) is 24.7. The summed E-state index contributed by atoms with van der Waals surface area (Å²) in [4.78, 5) is 34.3. The van der Waals surface area contributed by atoms with Crippen molar-refractivity contribution in [1.82, 2.24) is 29.3 Å². The Hall–Kier alpha value is -3.66. The second-order valence-corrected chi connectivity index (χ2v) is 10.3. The number of Topliss-reactive ketones (excluding diaryl/α,β-unsaturated/α-hetero) is 1. The zero-order valence-corrected chi connectivity index (χ0v) is 20.9. The third-order valence-electron chi connectivity index (χ3n) is 7.53. The van der Waals surface area contributed by atoms with Gasteiger partial charge in [-0.3, -0.25) is 9.59 Å². The molecule has 0 unspecified atom stereocenters. The minimum Gasteiger partial charge on any atom is -0.343 e. The summed E-state index contributed by atoms with van der Waals surface area (Å²) in [6, 6.07) is 15.9. The van der Waals surface area contributed by atoms with E-state index in [2.05, 4.69) is 27.3 Å². The lowest BCUT2D eigenvalue weighted by molar-refractivity contribution is -0.121. The first kappa shape index (κ1) is 22.8. The standard InChI is InChI=1S/C26H27N7O2S/c1-31-22-8-7-18(17-21(22)28-30-31)23(35)32-13-15-33(16-14-32)25-27-24(29-36-25)26(11-9-20(34)10-12-26)19-5-3-2-4-6-19/h2-8,17H,9-16H2,1H3. The molecule has 2 fully saturated rings. The Morgan fingerprint density at radius 3 is 2.50 bits per heavy atom. The van der Waals surface area contributed by atoms with Gasteiger partial charge in [-0.05, 0) is 36.6 Å². The van der Waals surface area contributed by atoms with E-state index in [9.17, 15) is 9.59 Å². The molecule has 1 aliphatic heterocycles. The van der Waals surface area contributed by atoms with Crippen LogP contribution in [0.5, 0.6) is 0 Å². The SMILES string of the molecule is Cn1nnc2cc(C(=O)N3CCN(c4nc(C5(c6ccccc6)CCC(=O)CC5)ns4)CC3)ccc21. The number of amides is 1. The number of nitrogens with zero attached hydrogens (tertiary/aromatic N) is 7. The number of carbonyl (C=O) groups excluding carboxylic acids is 2. The predicted molar refractivity (Wildman–Crippen MR) is 137 cm³/mol. The van der Waals surface area contributed by atoms with Crippen LogP contribution < -0.4 is 4.90 Å².